The summed E-state index contributed by atoms with van der Waals surface area (Å²) >= 11 is 6.08. The maximum atomic E-state index is 12.8. The van der Waals surface area contributed by atoms with Crippen LogP contribution in [0.4, 0.5) is 5.69 Å². The van der Waals surface area contributed by atoms with E-state index in [1.807, 2.05) is 0 Å². The predicted molar refractivity (Wildman–Crippen MR) is 109 cm³/mol. The standard InChI is InChI=1S/C20H21ClN2O5S/c1-20(2)15-10-14(8-9-17(15)23(19(20)25)12-18(24)28-3)29(26,27)22-11-13-6-4-5-7-16(13)21/h4-10,22H,11-12H2,1-3H3. The minimum absolute atomic E-state index is 0.0316. The molecule has 29 heavy (non-hydrogen) atoms. The lowest BCUT2D eigenvalue weighted by Gasteiger charge is -2.19. The molecule has 0 aromatic heterocycles. The van der Waals surface area contributed by atoms with E-state index in [1.54, 1.807) is 38.1 Å². The van der Waals surface area contributed by atoms with Crippen molar-refractivity contribution < 1.29 is 22.7 Å². The molecule has 1 aliphatic rings. The van der Waals surface area contributed by atoms with Crippen molar-refractivity contribution in [2.24, 2.45) is 0 Å². The summed E-state index contributed by atoms with van der Waals surface area (Å²) in [6.07, 6.45) is 0. The second kappa shape index (κ2) is 7.78. The van der Waals surface area contributed by atoms with Gasteiger partial charge in [-0.1, -0.05) is 29.8 Å². The monoisotopic (exact) mass is 436 g/mol. The summed E-state index contributed by atoms with van der Waals surface area (Å²) < 4.78 is 32.8. The molecule has 0 spiro atoms. The number of esters is 1. The molecule has 1 N–H and O–H groups in total. The molecule has 1 aliphatic heterocycles. The van der Waals surface area contributed by atoms with Crippen molar-refractivity contribution in [3.05, 3.63) is 58.6 Å². The van der Waals surface area contributed by atoms with E-state index in [0.717, 1.165) is 0 Å². The van der Waals surface area contributed by atoms with Gasteiger partial charge in [0.1, 0.15) is 6.54 Å². The Balaban J connectivity index is 1.91. The molecule has 0 atom stereocenters. The summed E-state index contributed by atoms with van der Waals surface area (Å²) in [6.45, 7) is 3.19. The number of ether oxygens (including phenoxy) is 1. The van der Waals surface area contributed by atoms with Crippen LogP contribution in [0.2, 0.25) is 5.02 Å². The number of sulfonamides is 1. The van der Waals surface area contributed by atoms with E-state index in [-0.39, 0.29) is 23.9 Å². The highest BCUT2D eigenvalue weighted by Crippen LogP contribution is 2.42. The summed E-state index contributed by atoms with van der Waals surface area (Å²) in [4.78, 5) is 25.8. The number of amides is 1. The van der Waals surface area contributed by atoms with E-state index in [1.165, 1.54) is 30.2 Å². The van der Waals surface area contributed by atoms with E-state index in [4.69, 9.17) is 11.6 Å². The van der Waals surface area contributed by atoms with Gasteiger partial charge >= 0.3 is 5.97 Å². The van der Waals surface area contributed by atoms with Crippen molar-refractivity contribution >= 4 is 39.2 Å². The maximum Gasteiger partial charge on any atom is 0.325 e. The number of hydrogen-bond donors (Lipinski definition) is 1. The van der Waals surface area contributed by atoms with Crippen LogP contribution >= 0.6 is 11.6 Å². The van der Waals surface area contributed by atoms with Crippen LogP contribution in [0.5, 0.6) is 0 Å². The van der Waals surface area contributed by atoms with Crippen LogP contribution in [-0.4, -0.2) is 33.9 Å². The Morgan fingerprint density at radius 3 is 2.55 bits per heavy atom. The van der Waals surface area contributed by atoms with E-state index >= 15 is 0 Å². The number of carbonyl (C=O) groups excluding carboxylic acids is 2. The van der Waals surface area contributed by atoms with Gasteiger partial charge in [-0.2, -0.15) is 0 Å². The average Bonchev–Trinajstić information content (AvgIpc) is 2.87. The third-order valence-electron chi connectivity index (χ3n) is 4.95. The summed E-state index contributed by atoms with van der Waals surface area (Å²) in [5, 5.41) is 0.467. The lowest BCUT2D eigenvalue weighted by Crippen LogP contribution is -2.39. The first-order valence-corrected chi connectivity index (χ1v) is 10.7. The zero-order chi connectivity index (χ0) is 21.4. The van der Waals surface area contributed by atoms with Crippen LogP contribution in [0.1, 0.15) is 25.0 Å². The molecule has 2 aromatic rings. The second-order valence-electron chi connectivity index (χ2n) is 7.19. The van der Waals surface area contributed by atoms with Gasteiger partial charge in [-0.25, -0.2) is 13.1 Å². The molecule has 1 amide bonds. The lowest BCUT2D eigenvalue weighted by molar-refractivity contribution is -0.140. The number of carbonyl (C=O) groups is 2. The second-order valence-corrected chi connectivity index (χ2v) is 9.36. The van der Waals surface area contributed by atoms with Crippen LogP contribution in [0.25, 0.3) is 0 Å². The van der Waals surface area contributed by atoms with E-state index < -0.39 is 21.4 Å². The van der Waals surface area contributed by atoms with Crippen molar-refractivity contribution in [2.45, 2.75) is 30.7 Å². The van der Waals surface area contributed by atoms with Crippen LogP contribution in [0.3, 0.4) is 0 Å². The Hall–Kier alpha value is -2.42. The topological polar surface area (TPSA) is 92.8 Å². The summed E-state index contributed by atoms with van der Waals surface area (Å²) in [6, 6.07) is 11.4. The molecule has 7 nitrogen and oxygen atoms in total. The van der Waals surface area contributed by atoms with E-state index in [0.29, 0.717) is 21.8 Å². The van der Waals surface area contributed by atoms with Gasteiger partial charge in [-0.3, -0.25) is 9.59 Å². The molecule has 0 aliphatic carbocycles. The molecule has 3 rings (SSSR count). The lowest BCUT2D eigenvalue weighted by atomic mass is 9.86. The summed E-state index contributed by atoms with van der Waals surface area (Å²) in [5.41, 5.74) is 0.707. The highest BCUT2D eigenvalue weighted by molar-refractivity contribution is 7.89. The first kappa shape index (κ1) is 21.3. The van der Waals surface area contributed by atoms with Gasteiger partial charge in [-0.15, -0.1) is 0 Å². The van der Waals surface area contributed by atoms with Gasteiger partial charge in [0.05, 0.1) is 17.4 Å². The fourth-order valence-corrected chi connectivity index (χ4v) is 4.46. The zero-order valence-corrected chi connectivity index (χ0v) is 17.8. The fraction of sp³-hybridized carbons (Fsp3) is 0.300. The van der Waals surface area contributed by atoms with Crippen LogP contribution in [0, 0.1) is 0 Å². The first-order chi connectivity index (χ1) is 13.6. The number of halogens is 1. The molecular weight excluding hydrogens is 416 g/mol. The number of nitrogens with one attached hydrogen (secondary N) is 1. The number of methoxy groups -OCH3 is 1. The zero-order valence-electron chi connectivity index (χ0n) is 16.2. The SMILES string of the molecule is COC(=O)CN1C(=O)C(C)(C)c2cc(S(=O)(=O)NCc3ccccc3Cl)ccc21. The molecule has 154 valence electrons. The number of rotatable bonds is 6. The molecule has 0 fully saturated rings. The molecule has 0 unspecified atom stereocenters. The van der Waals surface area contributed by atoms with Gasteiger partial charge in [0.15, 0.2) is 0 Å². The van der Waals surface area contributed by atoms with Gasteiger partial charge in [0.2, 0.25) is 15.9 Å². The van der Waals surface area contributed by atoms with Gasteiger partial charge in [0, 0.05) is 17.3 Å². The van der Waals surface area contributed by atoms with Gasteiger partial charge in [-0.05, 0) is 49.2 Å². The van der Waals surface area contributed by atoms with Crippen molar-refractivity contribution in [1.29, 1.82) is 0 Å². The third kappa shape index (κ3) is 4.01. The predicted octanol–water partition coefficient (Wildman–Crippen LogP) is 2.62. The van der Waals surface area contributed by atoms with Crippen molar-refractivity contribution in [2.75, 3.05) is 18.6 Å². The molecule has 1 heterocycles. The first-order valence-electron chi connectivity index (χ1n) is 8.84. The number of nitrogens with zero attached hydrogens (tertiary/aromatic N) is 1. The largest absolute Gasteiger partial charge is 0.468 e. The van der Waals surface area contributed by atoms with Crippen LogP contribution < -0.4 is 9.62 Å². The van der Waals surface area contributed by atoms with Gasteiger partial charge < -0.3 is 9.64 Å². The highest BCUT2D eigenvalue weighted by Gasteiger charge is 2.45. The van der Waals surface area contributed by atoms with Gasteiger partial charge in [0.25, 0.3) is 0 Å². The smallest absolute Gasteiger partial charge is 0.325 e. The Morgan fingerprint density at radius 1 is 1.21 bits per heavy atom. The fourth-order valence-electron chi connectivity index (χ4n) is 3.23. The summed E-state index contributed by atoms with van der Waals surface area (Å²) in [5.74, 6) is -0.850. The molecular formula is C20H21ClN2O5S. The quantitative estimate of drug-likeness (QED) is 0.702. The number of anilines is 1. The Bertz CT molecular complexity index is 1080. The number of benzene rings is 2. The Morgan fingerprint density at radius 2 is 1.90 bits per heavy atom. The molecule has 0 saturated carbocycles. The van der Waals surface area contributed by atoms with Crippen molar-refractivity contribution in [3.63, 3.8) is 0 Å². The molecule has 2 aromatic carbocycles. The van der Waals surface area contributed by atoms with Crippen molar-refractivity contribution in [3.8, 4) is 0 Å². The average molecular weight is 437 g/mol. The molecule has 9 heteroatoms. The van der Waals surface area contributed by atoms with Crippen molar-refractivity contribution in [1.82, 2.24) is 4.72 Å². The number of fused-ring (bicyclic) bond motifs is 1. The molecule has 0 bridgehead atoms. The van der Waals surface area contributed by atoms with Crippen LogP contribution in [-0.2, 0) is 36.3 Å². The van der Waals surface area contributed by atoms with E-state index in [9.17, 15) is 18.0 Å². The van der Waals surface area contributed by atoms with Crippen LogP contribution in [0.15, 0.2) is 47.4 Å². The normalized spacial score (nSPS) is 15.3. The van der Waals surface area contributed by atoms with E-state index in [2.05, 4.69) is 9.46 Å². The minimum atomic E-state index is -3.84. The summed E-state index contributed by atoms with van der Waals surface area (Å²) in [7, 11) is -2.59. The number of hydrogen-bond acceptors (Lipinski definition) is 5. The Labute approximate surface area is 174 Å². The minimum Gasteiger partial charge on any atom is -0.468 e. The molecule has 0 radical (unpaired) electrons. The highest BCUT2D eigenvalue weighted by atomic mass is 35.5. The molecule has 0 saturated heterocycles. The Kier molecular flexibility index (Phi) is 5.71. The third-order valence-corrected chi connectivity index (χ3v) is 6.72. The maximum absolute atomic E-state index is 12.8.